The molecule has 0 saturated carbocycles. The number of carbonyl (C=O) groups is 3. The van der Waals surface area contributed by atoms with Crippen LogP contribution in [0, 0.1) is 24.0 Å². The summed E-state index contributed by atoms with van der Waals surface area (Å²) in [6.45, 7) is 11.6. The van der Waals surface area contributed by atoms with E-state index in [4.69, 9.17) is 46.2 Å². The molecule has 0 spiro atoms. The first-order valence-corrected chi connectivity index (χ1v) is 37.0. The van der Waals surface area contributed by atoms with Crippen LogP contribution in [0.3, 0.4) is 0 Å². The van der Waals surface area contributed by atoms with Crippen LogP contribution in [0.4, 0.5) is 11.4 Å². The van der Waals surface area contributed by atoms with E-state index in [1.807, 2.05) is 100 Å². The van der Waals surface area contributed by atoms with Crippen molar-refractivity contribution in [3.63, 3.8) is 0 Å². The molecule has 8 heterocycles. The fourth-order valence-corrected chi connectivity index (χ4v) is 12.7. The topological polar surface area (TPSA) is 362 Å². The van der Waals surface area contributed by atoms with E-state index in [9.17, 15) is 24.5 Å². The molecule has 0 radical (unpaired) electrons. The fourth-order valence-electron chi connectivity index (χ4n) is 12.0. The van der Waals surface area contributed by atoms with E-state index < -0.39 is 4.92 Å². The predicted molar refractivity (Wildman–Crippen MR) is 415 cm³/mol. The van der Waals surface area contributed by atoms with Gasteiger partial charge in [0.15, 0.2) is 18.7 Å². The summed E-state index contributed by atoms with van der Waals surface area (Å²) < 4.78 is 30.9. The summed E-state index contributed by atoms with van der Waals surface area (Å²) in [5.41, 5.74) is 34.1. The Labute approximate surface area is 629 Å². The lowest BCUT2D eigenvalue weighted by atomic mass is 10.1. The van der Waals surface area contributed by atoms with Crippen LogP contribution in [0.5, 0.6) is 0 Å². The largest absolute Gasteiger partial charge is 0.461 e. The van der Waals surface area contributed by atoms with Gasteiger partial charge < -0.3 is 40.6 Å². The smallest absolute Gasteiger partial charge is 0.302 e. The summed E-state index contributed by atoms with van der Waals surface area (Å²) in [6.07, 6.45) is 19.5. The molecular weight excluding hydrogens is 1480 g/mol. The van der Waals surface area contributed by atoms with Gasteiger partial charge in [-0.15, -0.1) is 0 Å². The summed E-state index contributed by atoms with van der Waals surface area (Å²) in [6, 6.07) is 40.1. The SMILES string of the molecule is BrCc1ccc2c(cnn2C2CCCCO2)c1.CC(=O)OCc1ccc2c(cnn2C(C)=O)c1.CC(=O)n1ncc2cc(CBr)ccc21.Cc1cc(CO)ccc1N.Cc1cc(CO)ccc1[N+](=O)[O-].NCc1ccc2c(cnn2C2CCCCO2)c1.[N-]=[N+]=NCc1ccc2c(cnn2C2CCCCO2)c1. The standard InChI is InChI=1S/C13H15BrN2O.C13H15N5O.C13H17N3O.C12H12N2O3.C10H9BrN2O.C8H9NO3.C8H11NO/c14-8-10-4-5-12-11(7-10)9-15-16(12)13-3-1-2-6-17-13;14-17-15-8-10-4-5-12-11(7-10)9-16-18(12)13-3-1-2-6-19-13;14-8-10-4-5-12-11(7-10)9-15-16(12)13-3-1-2-6-17-13;1-8(15)14-12-4-3-10(7-17-9(2)16)5-11(12)6-13-14;1-7(14)13-10-3-2-8(5-11)4-9(10)6-12-13;1-6-4-7(5-10)2-3-8(6)9(11)12;1-6-4-7(5-10)2-3-8(6)9/h4-5,7,9,13H,1-3,6,8H2;4-5,7,9,13H,1-3,6,8H2;4-5,7,9,13H,1-3,6,8,14H2;3-6H,7H2,1-2H3;2-4,6H,5H2,1H3;2-4,10H,5H2,1H3;2-4,10H,5,9H2,1H3. The van der Waals surface area contributed by atoms with Gasteiger partial charge in [0.2, 0.25) is 11.8 Å². The minimum atomic E-state index is -0.434. The Morgan fingerprint density at radius 3 is 1.31 bits per heavy atom. The molecule has 3 saturated heterocycles. The quantitative estimate of drug-likeness (QED) is 0.0122. The number of aromatic nitrogens is 10. The number of benzene rings is 7. The Morgan fingerprint density at radius 2 is 0.925 bits per heavy atom. The van der Waals surface area contributed by atoms with Crippen LogP contribution in [0.25, 0.3) is 65.0 Å². The zero-order valence-corrected chi connectivity index (χ0v) is 63.1. The first kappa shape index (κ1) is 80.0. The van der Waals surface area contributed by atoms with E-state index in [0.29, 0.717) is 24.2 Å². The Kier molecular flexibility index (Phi) is 30.1. The molecule has 106 heavy (non-hydrogen) atoms. The lowest BCUT2D eigenvalue weighted by Gasteiger charge is -2.23. The second-order valence-corrected chi connectivity index (χ2v) is 26.5. The molecular formula is C77H88Br2N16O11. The number of esters is 1. The van der Waals surface area contributed by atoms with Crippen molar-refractivity contribution in [2.75, 3.05) is 25.6 Å². The molecule has 0 bridgehead atoms. The van der Waals surface area contributed by atoms with Crippen LogP contribution < -0.4 is 11.5 Å². The number of nitrogen functional groups attached to an aromatic ring is 1. The van der Waals surface area contributed by atoms with Crippen molar-refractivity contribution in [2.24, 2.45) is 10.8 Å². The van der Waals surface area contributed by atoms with Crippen LogP contribution in [0.1, 0.15) is 157 Å². The first-order chi connectivity index (χ1) is 51.3. The third kappa shape index (κ3) is 21.8. The van der Waals surface area contributed by atoms with Crippen LogP contribution in [-0.4, -0.2) is 102 Å². The minimum absolute atomic E-state index is 0.0502. The predicted octanol–water partition coefficient (Wildman–Crippen LogP) is 16.2. The molecule has 3 atom stereocenters. The molecule has 3 unspecified atom stereocenters. The van der Waals surface area contributed by atoms with E-state index in [0.717, 1.165) is 140 Å². The number of anilines is 1. The molecule has 12 aromatic rings. The number of nitrogens with zero attached hydrogens (tertiary/aromatic N) is 14. The van der Waals surface area contributed by atoms with Gasteiger partial charge in [0.05, 0.1) is 83.2 Å². The lowest BCUT2D eigenvalue weighted by molar-refractivity contribution is -0.385. The molecule has 29 heteroatoms. The number of fused-ring (bicyclic) bond motifs is 5. The average molecular weight is 1570 g/mol. The van der Waals surface area contributed by atoms with Gasteiger partial charge in [0, 0.05) is 107 Å². The molecule has 6 N–H and O–H groups in total. The third-order valence-corrected chi connectivity index (χ3v) is 18.9. The van der Waals surface area contributed by atoms with Crippen molar-refractivity contribution >= 4 is 116 Å². The van der Waals surface area contributed by atoms with Gasteiger partial charge in [0.25, 0.3) is 5.69 Å². The van der Waals surface area contributed by atoms with Crippen molar-refractivity contribution in [2.45, 2.75) is 155 Å². The van der Waals surface area contributed by atoms with Gasteiger partial charge in [-0.05, 0) is 201 Å². The number of azide groups is 1. The summed E-state index contributed by atoms with van der Waals surface area (Å²) in [4.78, 5) is 45.8. The molecule has 556 valence electrons. The molecule has 3 fully saturated rings. The van der Waals surface area contributed by atoms with Crippen molar-refractivity contribution in [1.82, 2.24) is 48.9 Å². The third-order valence-electron chi connectivity index (χ3n) is 17.6. The molecule has 3 aliphatic rings. The number of hydrogen-bond donors (Lipinski definition) is 4. The van der Waals surface area contributed by atoms with Crippen LogP contribution in [-0.2, 0) is 67.3 Å². The van der Waals surface area contributed by atoms with E-state index in [1.54, 1.807) is 43.6 Å². The highest BCUT2D eigenvalue weighted by atomic mass is 79.9. The Hall–Kier alpha value is -10.1. The summed E-state index contributed by atoms with van der Waals surface area (Å²) >= 11 is 6.86. The summed E-state index contributed by atoms with van der Waals surface area (Å²) in [5.74, 6) is -0.510. The zero-order chi connectivity index (χ0) is 75.7. The number of nitro benzene ring substituents is 1. The summed E-state index contributed by atoms with van der Waals surface area (Å²) in [7, 11) is 0. The number of aliphatic hydroxyl groups excluding tert-OH is 2. The fraction of sp³-hybridized carbons (Fsp3) is 0.351. The average Bonchev–Trinajstić information content (AvgIpc) is 1.66. The maximum atomic E-state index is 11.3. The number of nitro groups is 1. The minimum Gasteiger partial charge on any atom is -0.461 e. The first-order valence-electron chi connectivity index (χ1n) is 34.8. The molecule has 27 nitrogen and oxygen atoms in total. The Bertz CT molecular complexity index is 4890. The lowest BCUT2D eigenvalue weighted by Crippen LogP contribution is -2.18. The number of aliphatic hydroxyl groups is 2. The molecule has 3 aliphatic heterocycles. The van der Waals surface area contributed by atoms with Crippen molar-refractivity contribution in [3.05, 3.63) is 229 Å². The highest BCUT2D eigenvalue weighted by Crippen LogP contribution is 2.31. The van der Waals surface area contributed by atoms with Crippen molar-refractivity contribution in [3.8, 4) is 0 Å². The zero-order valence-electron chi connectivity index (χ0n) is 59.9. The highest BCUT2D eigenvalue weighted by Gasteiger charge is 2.22. The Morgan fingerprint density at radius 1 is 0.547 bits per heavy atom. The maximum Gasteiger partial charge on any atom is 0.302 e. The van der Waals surface area contributed by atoms with Gasteiger partial charge in [-0.25, -0.2) is 23.4 Å². The number of hydrogen-bond acceptors (Lipinski definition) is 19. The number of alkyl halides is 2. The van der Waals surface area contributed by atoms with E-state index in [-0.39, 0.29) is 62.0 Å². The number of rotatable bonds is 13. The van der Waals surface area contributed by atoms with Crippen LogP contribution >= 0.6 is 31.9 Å². The number of ether oxygens (including phenoxy) is 4. The normalized spacial score (nSPS) is 15.3. The second kappa shape index (κ2) is 39.9. The monoisotopic (exact) mass is 1570 g/mol. The molecule has 0 aliphatic carbocycles. The van der Waals surface area contributed by atoms with Gasteiger partial charge in [-0.1, -0.05) is 79.4 Å². The van der Waals surface area contributed by atoms with Gasteiger partial charge in [-0.2, -0.15) is 25.5 Å². The highest BCUT2D eigenvalue weighted by molar-refractivity contribution is 9.08. The maximum absolute atomic E-state index is 11.3. The van der Waals surface area contributed by atoms with Crippen molar-refractivity contribution in [1.29, 1.82) is 0 Å². The van der Waals surface area contributed by atoms with Gasteiger partial charge in [-0.3, -0.25) is 24.5 Å². The van der Waals surface area contributed by atoms with E-state index >= 15 is 0 Å². The molecule has 15 rings (SSSR count). The second-order valence-electron chi connectivity index (χ2n) is 25.4. The molecule has 0 amide bonds. The van der Waals surface area contributed by atoms with Gasteiger partial charge >= 0.3 is 5.97 Å². The Balaban J connectivity index is 0.000000144. The number of halogens is 2. The van der Waals surface area contributed by atoms with E-state index in [1.165, 1.54) is 83.9 Å². The van der Waals surface area contributed by atoms with Crippen LogP contribution in [0.2, 0.25) is 0 Å². The van der Waals surface area contributed by atoms with Crippen LogP contribution in [0.15, 0.2) is 163 Å². The number of nitrogens with two attached hydrogens (primary N) is 2. The number of carbonyl (C=O) groups excluding carboxylic acids is 3. The summed E-state index contributed by atoms with van der Waals surface area (Å²) in [5, 5.41) is 59.7. The van der Waals surface area contributed by atoms with E-state index in [2.05, 4.69) is 104 Å². The molecule has 7 aromatic carbocycles. The van der Waals surface area contributed by atoms with Crippen molar-refractivity contribution < 1.29 is 48.5 Å². The van der Waals surface area contributed by atoms with Gasteiger partial charge in [0.1, 0.15) is 6.61 Å². The number of aryl methyl sites for hydroxylation is 2. The molecule has 5 aromatic heterocycles.